The van der Waals surface area contributed by atoms with Crippen LogP contribution in [0.2, 0.25) is 0 Å². The molecule has 2 rings (SSSR count). The van der Waals surface area contributed by atoms with Crippen molar-refractivity contribution in [2.24, 2.45) is 0 Å². The molecule has 112 valence electrons. The largest absolute Gasteiger partial charge is 0.383 e. The summed E-state index contributed by atoms with van der Waals surface area (Å²) >= 11 is 0. The summed E-state index contributed by atoms with van der Waals surface area (Å²) in [7, 11) is 0. The number of hydrogen-bond acceptors (Lipinski definition) is 4. The number of hydrogen-bond donors (Lipinski definition) is 2. The Labute approximate surface area is 124 Å². The van der Waals surface area contributed by atoms with E-state index in [1.165, 1.54) is 6.33 Å². The van der Waals surface area contributed by atoms with E-state index in [1.807, 2.05) is 26.8 Å². The molecule has 2 aromatic rings. The zero-order valence-corrected chi connectivity index (χ0v) is 12.8. The number of halogens is 1. The minimum atomic E-state index is -0.201. The van der Waals surface area contributed by atoms with Gasteiger partial charge in [-0.05, 0) is 37.0 Å². The number of nitrogen functional groups attached to an aromatic ring is 1. The van der Waals surface area contributed by atoms with E-state index >= 15 is 0 Å². The average molecular weight is 288 g/mol. The molecule has 0 saturated heterocycles. The van der Waals surface area contributed by atoms with E-state index in [0.717, 1.165) is 11.1 Å². The maximum absolute atomic E-state index is 13.7. The second-order valence-electron chi connectivity index (χ2n) is 5.55. The standard InChI is InChI=1S/C16H21FN4/c1-9(2)14-15(18)19-8-20-16(14)21-11(4)12-6-5-10(3)13(17)7-12/h5-9,11H,1-4H3,(H3,18,19,20,21). The predicted octanol–water partition coefficient (Wildman–Crippen LogP) is 3.80. The first-order valence-corrected chi connectivity index (χ1v) is 7.03. The van der Waals surface area contributed by atoms with Gasteiger partial charge >= 0.3 is 0 Å². The SMILES string of the molecule is Cc1ccc(C(C)Nc2ncnc(N)c2C(C)C)cc1F. The highest BCUT2D eigenvalue weighted by molar-refractivity contribution is 5.57. The van der Waals surface area contributed by atoms with Gasteiger partial charge < -0.3 is 11.1 Å². The summed E-state index contributed by atoms with van der Waals surface area (Å²) in [6.07, 6.45) is 1.44. The fraction of sp³-hybridized carbons (Fsp3) is 0.375. The fourth-order valence-electron chi connectivity index (χ4n) is 2.26. The Balaban J connectivity index is 2.29. The molecule has 1 heterocycles. The highest BCUT2D eigenvalue weighted by Gasteiger charge is 2.16. The van der Waals surface area contributed by atoms with Crippen LogP contribution in [0.4, 0.5) is 16.0 Å². The first-order valence-electron chi connectivity index (χ1n) is 7.03. The number of nitrogens with one attached hydrogen (secondary N) is 1. The smallest absolute Gasteiger partial charge is 0.135 e. The second kappa shape index (κ2) is 6.08. The van der Waals surface area contributed by atoms with Gasteiger partial charge in [0, 0.05) is 5.56 Å². The van der Waals surface area contributed by atoms with Crippen LogP contribution in [0.3, 0.4) is 0 Å². The molecular weight excluding hydrogens is 267 g/mol. The minimum absolute atomic E-state index is 0.0769. The van der Waals surface area contributed by atoms with Crippen LogP contribution in [-0.2, 0) is 0 Å². The van der Waals surface area contributed by atoms with Gasteiger partial charge in [-0.25, -0.2) is 14.4 Å². The van der Waals surface area contributed by atoms with E-state index in [2.05, 4.69) is 15.3 Å². The van der Waals surface area contributed by atoms with Crippen LogP contribution in [0.1, 0.15) is 49.4 Å². The van der Waals surface area contributed by atoms with Crippen molar-refractivity contribution < 1.29 is 4.39 Å². The van der Waals surface area contributed by atoms with Crippen molar-refractivity contribution in [3.63, 3.8) is 0 Å². The third-order valence-corrected chi connectivity index (χ3v) is 3.54. The normalized spacial score (nSPS) is 12.5. The van der Waals surface area contributed by atoms with Gasteiger partial charge in [0.25, 0.3) is 0 Å². The van der Waals surface area contributed by atoms with Crippen molar-refractivity contribution in [2.75, 3.05) is 11.1 Å². The first kappa shape index (κ1) is 15.2. The average Bonchev–Trinajstić information content (AvgIpc) is 2.41. The number of benzene rings is 1. The predicted molar refractivity (Wildman–Crippen MR) is 83.7 cm³/mol. The van der Waals surface area contributed by atoms with Crippen LogP contribution in [-0.4, -0.2) is 9.97 Å². The number of aromatic nitrogens is 2. The van der Waals surface area contributed by atoms with Crippen LogP contribution in [0.25, 0.3) is 0 Å². The Morgan fingerprint density at radius 3 is 2.52 bits per heavy atom. The Morgan fingerprint density at radius 1 is 1.19 bits per heavy atom. The summed E-state index contributed by atoms with van der Waals surface area (Å²) in [5.41, 5.74) is 8.32. The monoisotopic (exact) mass is 288 g/mol. The Morgan fingerprint density at radius 2 is 1.90 bits per heavy atom. The Bertz CT molecular complexity index is 640. The van der Waals surface area contributed by atoms with Gasteiger partial charge in [-0.3, -0.25) is 0 Å². The molecule has 0 amide bonds. The van der Waals surface area contributed by atoms with E-state index in [-0.39, 0.29) is 17.8 Å². The van der Waals surface area contributed by atoms with Gasteiger partial charge in [-0.2, -0.15) is 0 Å². The van der Waals surface area contributed by atoms with Crippen molar-refractivity contribution >= 4 is 11.6 Å². The molecule has 0 saturated carbocycles. The number of rotatable bonds is 4. The fourth-order valence-corrected chi connectivity index (χ4v) is 2.26. The summed E-state index contributed by atoms with van der Waals surface area (Å²) in [6.45, 7) is 7.79. The van der Waals surface area contributed by atoms with Crippen molar-refractivity contribution in [2.45, 2.75) is 39.7 Å². The molecule has 0 fully saturated rings. The molecule has 1 atom stereocenters. The molecule has 0 aliphatic carbocycles. The summed E-state index contributed by atoms with van der Waals surface area (Å²) < 4.78 is 13.7. The summed E-state index contributed by atoms with van der Waals surface area (Å²) in [4.78, 5) is 8.30. The first-order chi connectivity index (χ1) is 9.90. The molecule has 5 heteroatoms. The molecule has 21 heavy (non-hydrogen) atoms. The molecule has 1 unspecified atom stereocenters. The van der Waals surface area contributed by atoms with Crippen molar-refractivity contribution in [3.05, 3.63) is 47.0 Å². The van der Waals surface area contributed by atoms with Gasteiger partial charge in [-0.1, -0.05) is 26.0 Å². The van der Waals surface area contributed by atoms with Crippen LogP contribution < -0.4 is 11.1 Å². The second-order valence-corrected chi connectivity index (χ2v) is 5.55. The maximum atomic E-state index is 13.7. The van der Waals surface area contributed by atoms with E-state index in [1.54, 1.807) is 19.1 Å². The molecule has 3 N–H and O–H groups in total. The molecule has 0 aliphatic heterocycles. The number of nitrogens with zero attached hydrogens (tertiary/aromatic N) is 2. The van der Waals surface area contributed by atoms with Gasteiger partial charge in [-0.15, -0.1) is 0 Å². The lowest BCUT2D eigenvalue weighted by atomic mass is 10.0. The Kier molecular flexibility index (Phi) is 4.40. The Hall–Kier alpha value is -2.17. The molecule has 0 aliphatic rings. The van der Waals surface area contributed by atoms with Gasteiger partial charge in [0.2, 0.25) is 0 Å². The third kappa shape index (κ3) is 3.29. The number of anilines is 2. The van der Waals surface area contributed by atoms with Crippen LogP contribution in [0.5, 0.6) is 0 Å². The number of aryl methyl sites for hydroxylation is 1. The van der Waals surface area contributed by atoms with Gasteiger partial charge in [0.05, 0.1) is 6.04 Å². The van der Waals surface area contributed by atoms with E-state index in [0.29, 0.717) is 17.2 Å². The molecule has 1 aromatic carbocycles. The lowest BCUT2D eigenvalue weighted by Gasteiger charge is -2.20. The van der Waals surface area contributed by atoms with Crippen LogP contribution in [0.15, 0.2) is 24.5 Å². The minimum Gasteiger partial charge on any atom is -0.383 e. The van der Waals surface area contributed by atoms with E-state index < -0.39 is 0 Å². The van der Waals surface area contributed by atoms with Gasteiger partial charge in [0.1, 0.15) is 23.8 Å². The van der Waals surface area contributed by atoms with Crippen molar-refractivity contribution in [1.29, 1.82) is 0 Å². The van der Waals surface area contributed by atoms with E-state index in [4.69, 9.17) is 5.73 Å². The summed E-state index contributed by atoms with van der Waals surface area (Å²) in [5, 5.41) is 3.30. The van der Waals surface area contributed by atoms with Crippen LogP contribution in [0, 0.1) is 12.7 Å². The highest BCUT2D eigenvalue weighted by Crippen LogP contribution is 2.29. The molecular formula is C16H21FN4. The zero-order chi connectivity index (χ0) is 15.6. The van der Waals surface area contributed by atoms with Crippen molar-refractivity contribution in [1.82, 2.24) is 9.97 Å². The lowest BCUT2D eigenvalue weighted by Crippen LogP contribution is -2.13. The molecule has 0 radical (unpaired) electrons. The highest BCUT2D eigenvalue weighted by atomic mass is 19.1. The summed E-state index contributed by atoms with van der Waals surface area (Å²) in [5.74, 6) is 1.18. The van der Waals surface area contributed by atoms with Crippen LogP contribution >= 0.6 is 0 Å². The maximum Gasteiger partial charge on any atom is 0.135 e. The molecule has 0 bridgehead atoms. The molecule has 4 nitrogen and oxygen atoms in total. The van der Waals surface area contributed by atoms with Gasteiger partial charge in [0.15, 0.2) is 0 Å². The van der Waals surface area contributed by atoms with Crippen molar-refractivity contribution in [3.8, 4) is 0 Å². The quantitative estimate of drug-likeness (QED) is 0.898. The lowest BCUT2D eigenvalue weighted by molar-refractivity contribution is 0.614. The number of nitrogens with two attached hydrogens (primary N) is 1. The zero-order valence-electron chi connectivity index (χ0n) is 12.8. The molecule has 1 aromatic heterocycles. The third-order valence-electron chi connectivity index (χ3n) is 3.54. The molecule has 0 spiro atoms. The van der Waals surface area contributed by atoms with E-state index in [9.17, 15) is 4.39 Å². The topological polar surface area (TPSA) is 63.8 Å². The summed E-state index contributed by atoms with van der Waals surface area (Å²) in [6, 6.07) is 5.16.